The summed E-state index contributed by atoms with van der Waals surface area (Å²) in [6, 6.07) is 16.8. The number of fused-ring (bicyclic) bond motifs is 2. The van der Waals surface area contributed by atoms with Crippen LogP contribution in [0.3, 0.4) is 0 Å². The van der Waals surface area contributed by atoms with Crippen molar-refractivity contribution in [1.29, 1.82) is 0 Å². The third-order valence-electron chi connectivity index (χ3n) is 11.0. The zero-order valence-corrected chi connectivity index (χ0v) is 31.1. The highest BCUT2D eigenvalue weighted by atomic mass is 19.4. The SMILES string of the molecule is CNC(=O)c1ccccc1Nc1cc(Nc2ccc3c(c2)CC(=O)N3CC2CCN(c3ccc4c(c3)C(=O)N(C3CCC(=O)NC3=O)C4=O)CC2)ncc1C(F)(F)F. The number of benzene rings is 3. The first-order valence-electron chi connectivity index (χ1n) is 18.8. The number of imide groups is 2. The van der Waals surface area contributed by atoms with E-state index in [4.69, 9.17) is 0 Å². The van der Waals surface area contributed by atoms with Crippen LogP contribution >= 0.6 is 0 Å². The molecule has 1 aromatic heterocycles. The normalized spacial score (nSPS) is 18.3. The zero-order chi connectivity index (χ0) is 40.9. The van der Waals surface area contributed by atoms with Crippen LogP contribution in [0.5, 0.6) is 0 Å². The Balaban J connectivity index is 0.915. The number of rotatable bonds is 9. The highest BCUT2D eigenvalue weighted by Gasteiger charge is 2.45. The van der Waals surface area contributed by atoms with Crippen LogP contribution in [0.25, 0.3) is 0 Å². The molecule has 2 saturated heterocycles. The van der Waals surface area contributed by atoms with Crippen LogP contribution in [-0.4, -0.2) is 78.1 Å². The van der Waals surface area contributed by atoms with Crippen LogP contribution in [0.4, 0.5) is 47.4 Å². The van der Waals surface area contributed by atoms with Crippen LogP contribution < -0.4 is 31.1 Å². The van der Waals surface area contributed by atoms with E-state index in [1.54, 1.807) is 47.4 Å². The number of nitrogens with one attached hydrogen (secondary N) is 4. The van der Waals surface area contributed by atoms with E-state index in [9.17, 15) is 41.9 Å². The highest BCUT2D eigenvalue weighted by molar-refractivity contribution is 6.23. The Bertz CT molecular complexity index is 2400. The van der Waals surface area contributed by atoms with Gasteiger partial charge in [0.2, 0.25) is 17.7 Å². The van der Waals surface area contributed by atoms with Gasteiger partial charge >= 0.3 is 6.18 Å². The summed E-state index contributed by atoms with van der Waals surface area (Å²) in [5.74, 6) is -2.45. The molecule has 298 valence electrons. The van der Waals surface area contributed by atoms with Crippen molar-refractivity contribution < 1.29 is 41.9 Å². The van der Waals surface area contributed by atoms with Crippen molar-refractivity contribution in [3.8, 4) is 0 Å². The molecule has 14 nitrogen and oxygen atoms in total. The molecule has 6 amide bonds. The monoisotopic (exact) mass is 794 g/mol. The maximum atomic E-state index is 14.0. The molecule has 4 aromatic rings. The van der Waals surface area contributed by atoms with E-state index in [1.165, 1.54) is 25.2 Å². The van der Waals surface area contributed by atoms with E-state index in [-0.39, 0.29) is 65.0 Å². The summed E-state index contributed by atoms with van der Waals surface area (Å²) in [5.41, 5.74) is 2.30. The van der Waals surface area contributed by atoms with Crippen molar-refractivity contribution in [2.24, 2.45) is 5.92 Å². The Morgan fingerprint density at radius 2 is 1.64 bits per heavy atom. The number of anilines is 6. The van der Waals surface area contributed by atoms with Crippen molar-refractivity contribution in [3.05, 3.63) is 101 Å². The molecule has 8 rings (SSSR count). The predicted molar refractivity (Wildman–Crippen MR) is 206 cm³/mol. The Morgan fingerprint density at radius 1 is 0.879 bits per heavy atom. The molecule has 0 spiro atoms. The molecule has 3 aromatic carbocycles. The fraction of sp³-hybridized carbons (Fsp3) is 0.293. The molecule has 5 heterocycles. The second-order valence-electron chi connectivity index (χ2n) is 14.6. The summed E-state index contributed by atoms with van der Waals surface area (Å²) >= 11 is 0. The maximum Gasteiger partial charge on any atom is 0.419 e. The molecule has 1 atom stereocenters. The largest absolute Gasteiger partial charge is 0.419 e. The number of nitrogens with zero attached hydrogens (tertiary/aromatic N) is 4. The molecule has 4 aliphatic heterocycles. The summed E-state index contributed by atoms with van der Waals surface area (Å²) in [4.78, 5) is 85.0. The number of amides is 6. The summed E-state index contributed by atoms with van der Waals surface area (Å²) in [6.45, 7) is 1.79. The number of piperidine rings is 2. The Kier molecular flexibility index (Phi) is 9.82. The molecule has 4 N–H and O–H groups in total. The second kappa shape index (κ2) is 14.9. The molecule has 2 fully saturated rings. The number of hydrogen-bond donors (Lipinski definition) is 4. The number of alkyl halides is 3. The van der Waals surface area contributed by atoms with Crippen LogP contribution in [0, 0.1) is 5.92 Å². The van der Waals surface area contributed by atoms with Gasteiger partial charge in [0.05, 0.1) is 40.0 Å². The van der Waals surface area contributed by atoms with Crippen molar-refractivity contribution in [2.45, 2.75) is 44.3 Å². The van der Waals surface area contributed by atoms with Gasteiger partial charge in [0.15, 0.2) is 0 Å². The summed E-state index contributed by atoms with van der Waals surface area (Å²) in [5, 5.41) is 10.5. The average Bonchev–Trinajstić information content (AvgIpc) is 3.64. The minimum absolute atomic E-state index is 0.0415. The van der Waals surface area contributed by atoms with Crippen molar-refractivity contribution in [3.63, 3.8) is 0 Å². The lowest BCUT2D eigenvalue weighted by atomic mass is 9.95. The first kappa shape index (κ1) is 38.1. The van der Waals surface area contributed by atoms with E-state index >= 15 is 0 Å². The maximum absolute atomic E-state index is 14.0. The number of hydrogen-bond acceptors (Lipinski definition) is 10. The van der Waals surface area contributed by atoms with Crippen LogP contribution in [0.15, 0.2) is 72.9 Å². The van der Waals surface area contributed by atoms with Crippen molar-refractivity contribution in [1.82, 2.24) is 20.5 Å². The minimum atomic E-state index is -4.73. The molecule has 0 saturated carbocycles. The first-order valence-corrected chi connectivity index (χ1v) is 18.8. The van der Waals surface area contributed by atoms with Gasteiger partial charge in [-0.15, -0.1) is 0 Å². The molecule has 0 bridgehead atoms. The Morgan fingerprint density at radius 3 is 2.38 bits per heavy atom. The van der Waals surface area contributed by atoms with Gasteiger partial charge in [0.1, 0.15) is 11.9 Å². The Hall–Kier alpha value is -6.78. The lowest BCUT2D eigenvalue weighted by Gasteiger charge is -2.35. The fourth-order valence-electron chi connectivity index (χ4n) is 8.02. The van der Waals surface area contributed by atoms with Gasteiger partial charge in [0, 0.05) is 62.4 Å². The summed E-state index contributed by atoms with van der Waals surface area (Å²) < 4.78 is 42.1. The summed E-state index contributed by atoms with van der Waals surface area (Å²) in [7, 11) is 1.43. The zero-order valence-electron chi connectivity index (χ0n) is 31.1. The topological polar surface area (TPSA) is 173 Å². The molecule has 58 heavy (non-hydrogen) atoms. The number of carbonyl (C=O) groups is 6. The third kappa shape index (κ3) is 7.18. The Labute approximate surface area is 329 Å². The molecular weight excluding hydrogens is 757 g/mol. The minimum Gasteiger partial charge on any atom is -0.371 e. The lowest BCUT2D eigenvalue weighted by Crippen LogP contribution is -2.54. The van der Waals surface area contributed by atoms with Crippen LogP contribution in [-0.2, 0) is 27.0 Å². The van der Waals surface area contributed by atoms with E-state index in [0.717, 1.165) is 40.9 Å². The molecular formula is C41H37F3N8O6. The van der Waals surface area contributed by atoms with Gasteiger partial charge in [-0.25, -0.2) is 4.98 Å². The number of para-hydroxylation sites is 1. The van der Waals surface area contributed by atoms with Gasteiger partial charge in [-0.1, -0.05) is 12.1 Å². The van der Waals surface area contributed by atoms with E-state index in [0.29, 0.717) is 25.3 Å². The van der Waals surface area contributed by atoms with Gasteiger partial charge in [-0.3, -0.25) is 39.0 Å². The predicted octanol–water partition coefficient (Wildman–Crippen LogP) is 5.15. The number of pyridine rings is 1. The molecule has 0 aliphatic carbocycles. The van der Waals surface area contributed by atoms with Gasteiger partial charge < -0.3 is 25.8 Å². The third-order valence-corrected chi connectivity index (χ3v) is 11.0. The number of halogens is 3. The van der Waals surface area contributed by atoms with Gasteiger partial charge in [-0.2, -0.15) is 13.2 Å². The number of aromatic nitrogens is 1. The molecule has 4 aliphatic rings. The van der Waals surface area contributed by atoms with E-state index < -0.39 is 47.3 Å². The standard InChI is InChI=1S/C41H37F3N8O6/c1-45-37(55)27-4-2-3-5-30(27)48-31-19-34(46-20-29(31)41(42,43)44)47-24-6-9-32-23(16-24)17-36(54)51(32)21-22-12-14-50(15-13-22)25-7-8-26-28(18-25)40(58)52(39(26)57)33-10-11-35(53)49-38(33)56/h2-9,16,18-20,22,33H,10-15,17,21H2,1H3,(H,45,55)(H2,46,47,48)(H,49,53,56). The highest BCUT2D eigenvalue weighted by Crippen LogP contribution is 2.39. The second-order valence-corrected chi connectivity index (χ2v) is 14.6. The smallest absolute Gasteiger partial charge is 0.371 e. The fourth-order valence-corrected chi connectivity index (χ4v) is 8.02. The summed E-state index contributed by atoms with van der Waals surface area (Å²) in [6.07, 6.45) is -2.21. The van der Waals surface area contributed by atoms with Gasteiger partial charge in [0.25, 0.3) is 17.7 Å². The quantitative estimate of drug-likeness (QED) is 0.166. The van der Waals surface area contributed by atoms with E-state index in [1.807, 2.05) is 6.07 Å². The van der Waals surface area contributed by atoms with Crippen LogP contribution in [0.1, 0.15) is 67.9 Å². The first-order chi connectivity index (χ1) is 27.8. The van der Waals surface area contributed by atoms with Gasteiger partial charge in [-0.05, 0) is 79.3 Å². The van der Waals surface area contributed by atoms with E-state index in [2.05, 4.69) is 31.2 Å². The van der Waals surface area contributed by atoms with Crippen molar-refractivity contribution >= 4 is 69.7 Å². The lowest BCUT2D eigenvalue weighted by molar-refractivity contribution is -0.137. The average molecular weight is 795 g/mol. The van der Waals surface area contributed by atoms with Crippen LogP contribution in [0.2, 0.25) is 0 Å². The molecule has 1 unspecified atom stereocenters. The molecule has 17 heteroatoms. The number of carbonyl (C=O) groups excluding carboxylic acids is 6. The molecule has 0 radical (unpaired) electrons. The van der Waals surface area contributed by atoms with Crippen molar-refractivity contribution in [2.75, 3.05) is 47.1 Å².